The molecule has 2 rings (SSSR count). The second-order valence-corrected chi connectivity index (χ2v) is 5.93. The van der Waals surface area contributed by atoms with E-state index in [1.54, 1.807) is 11.8 Å². The molecule has 2 heterocycles. The maximum Gasteiger partial charge on any atom is 0.320 e. The van der Waals surface area contributed by atoms with E-state index in [4.69, 9.17) is 9.84 Å². The minimum Gasteiger partial charge on any atom is -0.481 e. The summed E-state index contributed by atoms with van der Waals surface area (Å²) in [5, 5.41) is 8.98. The average molecular weight is 284 g/mol. The van der Waals surface area contributed by atoms with Crippen molar-refractivity contribution in [2.24, 2.45) is 11.8 Å². The fraction of sp³-hybridized carbons (Fsp3) is 0.857. The van der Waals surface area contributed by atoms with Crippen LogP contribution in [0.5, 0.6) is 0 Å². The van der Waals surface area contributed by atoms with Crippen LogP contribution in [0.3, 0.4) is 0 Å². The summed E-state index contributed by atoms with van der Waals surface area (Å²) in [5.41, 5.74) is 0. The lowest BCUT2D eigenvalue weighted by Gasteiger charge is -2.47. The molecule has 0 aromatic rings. The number of carboxylic acid groups (broad SMARTS) is 1. The Kier molecular flexibility index (Phi) is 4.52. The van der Waals surface area contributed by atoms with E-state index in [9.17, 15) is 9.59 Å². The summed E-state index contributed by atoms with van der Waals surface area (Å²) in [7, 11) is 0. The number of ether oxygens (including phenoxy) is 1. The van der Waals surface area contributed by atoms with Crippen molar-refractivity contribution in [2.45, 2.75) is 39.3 Å². The summed E-state index contributed by atoms with van der Waals surface area (Å²) in [6.07, 6.45) is 0.943. The van der Waals surface area contributed by atoms with Gasteiger partial charge in [-0.3, -0.25) is 4.79 Å². The van der Waals surface area contributed by atoms with E-state index < -0.39 is 5.97 Å². The van der Waals surface area contributed by atoms with Crippen LogP contribution in [0, 0.1) is 11.8 Å². The summed E-state index contributed by atoms with van der Waals surface area (Å²) >= 11 is 0. The number of carbonyl (C=O) groups excluding carboxylic acids is 1. The van der Waals surface area contributed by atoms with Crippen LogP contribution in [0.4, 0.5) is 4.79 Å². The molecule has 2 aliphatic rings. The second-order valence-electron chi connectivity index (χ2n) is 5.93. The highest BCUT2D eigenvalue weighted by molar-refractivity contribution is 5.77. The number of hydrogen-bond donors (Lipinski definition) is 1. The smallest absolute Gasteiger partial charge is 0.320 e. The van der Waals surface area contributed by atoms with Gasteiger partial charge in [0.1, 0.15) is 0 Å². The van der Waals surface area contributed by atoms with Crippen molar-refractivity contribution < 1.29 is 19.4 Å². The normalized spacial score (nSPS) is 28.9. The zero-order valence-corrected chi connectivity index (χ0v) is 12.4. The molecular formula is C14H24N2O4. The molecule has 20 heavy (non-hydrogen) atoms. The molecular weight excluding hydrogens is 260 g/mol. The number of morpholine rings is 1. The molecule has 6 nitrogen and oxygen atoms in total. The Labute approximate surface area is 119 Å². The summed E-state index contributed by atoms with van der Waals surface area (Å²) in [6, 6.07) is 0.162. The van der Waals surface area contributed by atoms with Crippen LogP contribution in [0.15, 0.2) is 0 Å². The van der Waals surface area contributed by atoms with Crippen molar-refractivity contribution in [3.8, 4) is 0 Å². The van der Waals surface area contributed by atoms with Crippen LogP contribution in [-0.4, -0.2) is 65.3 Å². The minimum atomic E-state index is -0.784. The predicted octanol–water partition coefficient (Wildman–Crippen LogP) is 1.26. The number of urea groups is 1. The summed E-state index contributed by atoms with van der Waals surface area (Å²) < 4.78 is 5.59. The third-order valence-electron chi connectivity index (χ3n) is 4.46. The fourth-order valence-electron chi connectivity index (χ4n) is 2.78. The number of likely N-dealkylation sites (tertiary alicyclic amines) is 1. The lowest BCUT2D eigenvalue weighted by atomic mass is 9.87. The van der Waals surface area contributed by atoms with Gasteiger partial charge >= 0.3 is 12.0 Å². The van der Waals surface area contributed by atoms with Crippen LogP contribution in [0.1, 0.15) is 27.2 Å². The molecule has 3 atom stereocenters. The summed E-state index contributed by atoms with van der Waals surface area (Å²) in [6.45, 7) is 8.04. The van der Waals surface area contributed by atoms with Crippen LogP contribution in [0.2, 0.25) is 0 Å². The number of rotatable bonds is 3. The standard InChI is InChI=1S/C14H24N2O4/c1-4-12-8-20-9(2)5-16(12)14(19)15-6-11(7-15)10(3)13(17)18/h9-12H,4-8H2,1-3H3,(H,17,18). The highest BCUT2D eigenvalue weighted by atomic mass is 16.5. The maximum absolute atomic E-state index is 12.5. The Hall–Kier alpha value is -1.30. The third-order valence-corrected chi connectivity index (χ3v) is 4.46. The van der Waals surface area contributed by atoms with Gasteiger partial charge in [-0.1, -0.05) is 13.8 Å². The summed E-state index contributed by atoms with van der Waals surface area (Å²) in [4.78, 5) is 27.0. The number of carbonyl (C=O) groups is 2. The highest BCUT2D eigenvalue weighted by Gasteiger charge is 2.41. The van der Waals surface area contributed by atoms with E-state index in [-0.39, 0.29) is 30.0 Å². The molecule has 0 aromatic carbocycles. The monoisotopic (exact) mass is 284 g/mol. The maximum atomic E-state index is 12.5. The molecule has 0 spiro atoms. The van der Waals surface area contributed by atoms with E-state index in [0.29, 0.717) is 26.2 Å². The van der Waals surface area contributed by atoms with Crippen LogP contribution >= 0.6 is 0 Å². The zero-order chi connectivity index (χ0) is 14.9. The van der Waals surface area contributed by atoms with Crippen molar-refractivity contribution in [1.29, 1.82) is 0 Å². The molecule has 0 aliphatic carbocycles. The molecule has 0 saturated carbocycles. The van der Waals surface area contributed by atoms with Crippen molar-refractivity contribution in [2.75, 3.05) is 26.2 Å². The molecule has 0 radical (unpaired) electrons. The van der Waals surface area contributed by atoms with Crippen molar-refractivity contribution >= 4 is 12.0 Å². The predicted molar refractivity (Wildman–Crippen MR) is 73.5 cm³/mol. The average Bonchev–Trinajstić information content (AvgIpc) is 2.36. The zero-order valence-electron chi connectivity index (χ0n) is 12.4. The lowest BCUT2D eigenvalue weighted by molar-refractivity contribution is -0.145. The molecule has 1 N–H and O–H groups in total. The molecule has 2 amide bonds. The first-order valence-corrected chi connectivity index (χ1v) is 7.34. The second kappa shape index (κ2) is 5.99. The van der Waals surface area contributed by atoms with Crippen LogP contribution in [-0.2, 0) is 9.53 Å². The van der Waals surface area contributed by atoms with Gasteiger partial charge in [0.05, 0.1) is 24.7 Å². The number of carboxylic acids is 1. The molecule has 2 fully saturated rings. The van der Waals surface area contributed by atoms with Crippen molar-refractivity contribution in [3.05, 3.63) is 0 Å². The largest absolute Gasteiger partial charge is 0.481 e. The fourth-order valence-corrected chi connectivity index (χ4v) is 2.78. The number of hydrogen-bond acceptors (Lipinski definition) is 3. The van der Waals surface area contributed by atoms with E-state index in [1.165, 1.54) is 0 Å². The SMILES string of the molecule is CCC1COC(C)CN1C(=O)N1CC(C(C)C(=O)O)C1. The van der Waals surface area contributed by atoms with Crippen LogP contribution < -0.4 is 0 Å². The van der Waals surface area contributed by atoms with Gasteiger partial charge < -0.3 is 19.6 Å². The summed E-state index contributed by atoms with van der Waals surface area (Å²) in [5.74, 6) is -1.09. The first-order valence-electron chi connectivity index (χ1n) is 7.34. The molecule has 3 unspecified atom stereocenters. The Morgan fingerprint density at radius 2 is 2.00 bits per heavy atom. The molecule has 114 valence electrons. The van der Waals surface area contributed by atoms with Gasteiger partial charge in [-0.25, -0.2) is 4.79 Å². The first-order chi connectivity index (χ1) is 9.43. The van der Waals surface area contributed by atoms with Gasteiger partial charge in [0.25, 0.3) is 0 Å². The van der Waals surface area contributed by atoms with E-state index in [0.717, 1.165) is 6.42 Å². The third kappa shape index (κ3) is 2.90. The molecule has 0 bridgehead atoms. The number of nitrogens with zero attached hydrogens (tertiary/aromatic N) is 2. The van der Waals surface area contributed by atoms with E-state index in [2.05, 4.69) is 6.92 Å². The Morgan fingerprint density at radius 1 is 1.35 bits per heavy atom. The Balaban J connectivity index is 1.90. The molecule has 2 aliphatic heterocycles. The van der Waals surface area contributed by atoms with Crippen molar-refractivity contribution in [3.63, 3.8) is 0 Å². The van der Waals surface area contributed by atoms with Crippen molar-refractivity contribution in [1.82, 2.24) is 9.80 Å². The molecule has 6 heteroatoms. The molecule has 0 aromatic heterocycles. The van der Waals surface area contributed by atoms with Gasteiger partial charge in [0, 0.05) is 25.6 Å². The Bertz CT molecular complexity index is 381. The van der Waals surface area contributed by atoms with Gasteiger partial charge in [-0.05, 0) is 13.3 Å². The van der Waals surface area contributed by atoms with E-state index >= 15 is 0 Å². The van der Waals surface area contributed by atoms with Crippen LogP contribution in [0.25, 0.3) is 0 Å². The minimum absolute atomic E-state index is 0.0286. The van der Waals surface area contributed by atoms with E-state index in [1.807, 2.05) is 11.8 Å². The van der Waals surface area contributed by atoms with Gasteiger partial charge in [-0.2, -0.15) is 0 Å². The quantitative estimate of drug-likeness (QED) is 0.847. The topological polar surface area (TPSA) is 70.1 Å². The number of amides is 2. The highest BCUT2D eigenvalue weighted by Crippen LogP contribution is 2.27. The molecule has 2 saturated heterocycles. The van der Waals surface area contributed by atoms with Gasteiger partial charge in [0.2, 0.25) is 0 Å². The number of aliphatic carboxylic acids is 1. The lowest BCUT2D eigenvalue weighted by Crippen LogP contribution is -2.61. The first kappa shape index (κ1) is 15.1. The van der Waals surface area contributed by atoms with Gasteiger partial charge in [-0.15, -0.1) is 0 Å². The Morgan fingerprint density at radius 3 is 2.55 bits per heavy atom. The van der Waals surface area contributed by atoms with Gasteiger partial charge in [0.15, 0.2) is 0 Å².